The van der Waals surface area contributed by atoms with Gasteiger partial charge in [-0.2, -0.15) is 0 Å². The smallest absolute Gasteiger partial charge is 0.410 e. The summed E-state index contributed by atoms with van der Waals surface area (Å²) >= 11 is 0. The van der Waals surface area contributed by atoms with Crippen LogP contribution in [0.2, 0.25) is 0 Å². The molecule has 2 N–H and O–H groups in total. The van der Waals surface area contributed by atoms with Crippen molar-refractivity contribution in [2.75, 3.05) is 38.1 Å². The molecule has 1 amide bonds. The molecule has 2 aliphatic heterocycles. The van der Waals surface area contributed by atoms with Gasteiger partial charge in [-0.15, -0.1) is 0 Å². The van der Waals surface area contributed by atoms with Gasteiger partial charge in [0.05, 0.1) is 0 Å². The molecule has 0 aromatic heterocycles. The second-order valence-electron chi connectivity index (χ2n) is 9.53. The topological polar surface area (TPSA) is 68.0 Å². The average molecular weight is 470 g/mol. The SMILES string of the molecule is CC.CC(C)(C)OC(=O)N1CC(CC2CN(c3ccc(OCc4ccccc4)cc3)C2)C1.CN. The van der Waals surface area contributed by atoms with Gasteiger partial charge in [-0.25, -0.2) is 4.79 Å². The zero-order valence-corrected chi connectivity index (χ0v) is 21.8. The van der Waals surface area contributed by atoms with Gasteiger partial charge in [-0.1, -0.05) is 44.2 Å². The van der Waals surface area contributed by atoms with Gasteiger partial charge in [0.1, 0.15) is 18.0 Å². The van der Waals surface area contributed by atoms with Crippen LogP contribution in [0.4, 0.5) is 10.5 Å². The van der Waals surface area contributed by atoms with Crippen LogP contribution in [0.3, 0.4) is 0 Å². The van der Waals surface area contributed by atoms with E-state index in [1.165, 1.54) is 24.7 Å². The number of amides is 1. The number of benzene rings is 2. The largest absolute Gasteiger partial charge is 0.489 e. The van der Waals surface area contributed by atoms with E-state index in [1.807, 2.05) is 57.7 Å². The van der Waals surface area contributed by atoms with Crippen LogP contribution >= 0.6 is 0 Å². The highest BCUT2D eigenvalue weighted by Gasteiger charge is 2.37. The number of carbonyl (C=O) groups excluding carboxylic acids is 1. The van der Waals surface area contributed by atoms with Crippen molar-refractivity contribution in [3.8, 4) is 5.75 Å². The predicted octanol–water partition coefficient (Wildman–Crippen LogP) is 5.56. The molecule has 2 saturated heterocycles. The summed E-state index contributed by atoms with van der Waals surface area (Å²) in [4.78, 5) is 16.3. The zero-order chi connectivity index (χ0) is 25.1. The summed E-state index contributed by atoms with van der Waals surface area (Å²) in [5, 5.41) is 0. The molecular weight excluding hydrogens is 426 g/mol. The molecule has 34 heavy (non-hydrogen) atoms. The summed E-state index contributed by atoms with van der Waals surface area (Å²) in [7, 11) is 1.50. The average Bonchev–Trinajstić information content (AvgIpc) is 2.78. The molecule has 4 rings (SSSR count). The maximum absolute atomic E-state index is 12.0. The quantitative estimate of drug-likeness (QED) is 0.600. The molecule has 0 unspecified atom stereocenters. The van der Waals surface area contributed by atoms with Crippen molar-refractivity contribution in [1.82, 2.24) is 4.90 Å². The Morgan fingerprint density at radius 3 is 2.03 bits per heavy atom. The molecule has 2 aromatic carbocycles. The fourth-order valence-electron chi connectivity index (χ4n) is 4.09. The summed E-state index contributed by atoms with van der Waals surface area (Å²) in [5.74, 6) is 2.22. The number of hydrogen-bond acceptors (Lipinski definition) is 5. The van der Waals surface area contributed by atoms with Gasteiger partial charge >= 0.3 is 6.09 Å². The Hall–Kier alpha value is -2.73. The minimum Gasteiger partial charge on any atom is -0.489 e. The van der Waals surface area contributed by atoms with Crippen LogP contribution in [0.15, 0.2) is 54.6 Å². The van der Waals surface area contributed by atoms with Gasteiger partial charge in [0.15, 0.2) is 0 Å². The Kier molecular flexibility index (Phi) is 10.7. The van der Waals surface area contributed by atoms with E-state index < -0.39 is 5.60 Å². The van der Waals surface area contributed by atoms with Gasteiger partial charge in [-0.05, 0) is 75.9 Å². The molecule has 2 aliphatic rings. The Bertz CT molecular complexity index is 837. The van der Waals surface area contributed by atoms with Crippen LogP contribution in [-0.4, -0.2) is 49.8 Å². The molecule has 6 heteroatoms. The number of ether oxygens (including phenoxy) is 2. The molecule has 2 heterocycles. The minimum absolute atomic E-state index is 0.177. The lowest BCUT2D eigenvalue weighted by atomic mass is 9.84. The molecule has 2 aromatic rings. The Morgan fingerprint density at radius 1 is 0.912 bits per heavy atom. The van der Waals surface area contributed by atoms with E-state index >= 15 is 0 Å². The maximum atomic E-state index is 12.0. The van der Waals surface area contributed by atoms with Crippen LogP contribution in [0.5, 0.6) is 5.75 Å². The lowest BCUT2D eigenvalue weighted by Crippen LogP contribution is -2.55. The highest BCUT2D eigenvalue weighted by Crippen LogP contribution is 2.33. The normalized spacial score (nSPS) is 15.6. The van der Waals surface area contributed by atoms with Crippen LogP contribution in [0.25, 0.3) is 0 Å². The van der Waals surface area contributed by atoms with Crippen molar-refractivity contribution in [2.45, 2.75) is 53.2 Å². The third-order valence-electron chi connectivity index (χ3n) is 5.68. The standard InChI is InChI=1S/C25H32N2O3.C2H6.CH5N/c1-25(2,3)30-24(28)27-16-21(17-27)13-20-14-26(15-20)22-9-11-23(12-10-22)29-18-19-7-5-4-6-8-19;2*1-2/h4-12,20-21H,13-18H2,1-3H3;1-2H3;2H2,1H3. The zero-order valence-electron chi connectivity index (χ0n) is 21.8. The number of likely N-dealkylation sites (tertiary alicyclic amines) is 1. The maximum Gasteiger partial charge on any atom is 0.410 e. The Labute approximate surface area is 206 Å². The van der Waals surface area contributed by atoms with Crippen LogP contribution in [-0.2, 0) is 11.3 Å². The molecule has 0 saturated carbocycles. The number of nitrogens with two attached hydrogens (primary N) is 1. The van der Waals surface area contributed by atoms with E-state index in [-0.39, 0.29) is 6.09 Å². The second kappa shape index (κ2) is 13.2. The summed E-state index contributed by atoms with van der Waals surface area (Å²) in [6, 6.07) is 18.6. The van der Waals surface area contributed by atoms with Crippen molar-refractivity contribution < 1.29 is 14.3 Å². The predicted molar refractivity (Wildman–Crippen MR) is 140 cm³/mol. The highest BCUT2D eigenvalue weighted by molar-refractivity contribution is 5.69. The third kappa shape index (κ3) is 8.24. The number of anilines is 1. The first-order valence-electron chi connectivity index (χ1n) is 12.4. The van der Waals surface area contributed by atoms with E-state index in [0.29, 0.717) is 18.4 Å². The number of carbonyl (C=O) groups is 1. The van der Waals surface area contributed by atoms with Crippen molar-refractivity contribution in [3.05, 3.63) is 60.2 Å². The molecule has 0 atom stereocenters. The van der Waals surface area contributed by atoms with Gasteiger partial charge < -0.3 is 25.0 Å². The van der Waals surface area contributed by atoms with Crippen molar-refractivity contribution in [2.24, 2.45) is 17.6 Å². The second-order valence-corrected chi connectivity index (χ2v) is 9.53. The van der Waals surface area contributed by atoms with Gasteiger partial charge in [0.2, 0.25) is 0 Å². The fourth-order valence-corrected chi connectivity index (χ4v) is 4.09. The summed E-state index contributed by atoms with van der Waals surface area (Å²) in [6.07, 6.45) is 1.01. The molecular formula is C28H43N3O3. The van der Waals surface area contributed by atoms with Crippen LogP contribution < -0.4 is 15.4 Å². The van der Waals surface area contributed by atoms with Crippen molar-refractivity contribution >= 4 is 11.8 Å². The monoisotopic (exact) mass is 469 g/mol. The van der Waals surface area contributed by atoms with E-state index in [0.717, 1.165) is 31.9 Å². The molecule has 0 spiro atoms. The summed E-state index contributed by atoms with van der Waals surface area (Å²) in [5.41, 5.74) is 6.51. The first-order valence-corrected chi connectivity index (χ1v) is 12.4. The number of hydrogen-bond donors (Lipinski definition) is 1. The molecule has 2 fully saturated rings. The third-order valence-corrected chi connectivity index (χ3v) is 5.68. The van der Waals surface area contributed by atoms with E-state index in [2.05, 4.69) is 47.0 Å². The first kappa shape index (κ1) is 27.5. The highest BCUT2D eigenvalue weighted by atomic mass is 16.6. The van der Waals surface area contributed by atoms with Crippen molar-refractivity contribution in [1.29, 1.82) is 0 Å². The van der Waals surface area contributed by atoms with Crippen LogP contribution in [0.1, 0.15) is 46.6 Å². The molecule has 0 radical (unpaired) electrons. The Balaban J connectivity index is 0.000000970. The van der Waals surface area contributed by atoms with Gasteiger partial charge in [0, 0.05) is 31.9 Å². The van der Waals surface area contributed by atoms with Gasteiger partial charge in [-0.3, -0.25) is 0 Å². The number of rotatable bonds is 6. The van der Waals surface area contributed by atoms with Crippen LogP contribution in [0, 0.1) is 11.8 Å². The molecule has 6 nitrogen and oxygen atoms in total. The van der Waals surface area contributed by atoms with E-state index in [9.17, 15) is 4.79 Å². The first-order chi connectivity index (χ1) is 16.4. The molecule has 188 valence electrons. The lowest BCUT2D eigenvalue weighted by Gasteiger charge is -2.46. The lowest BCUT2D eigenvalue weighted by molar-refractivity contribution is -0.00510. The van der Waals surface area contributed by atoms with E-state index in [4.69, 9.17) is 9.47 Å². The van der Waals surface area contributed by atoms with Crippen molar-refractivity contribution in [3.63, 3.8) is 0 Å². The molecule has 0 bridgehead atoms. The summed E-state index contributed by atoms with van der Waals surface area (Å²) < 4.78 is 11.3. The summed E-state index contributed by atoms with van der Waals surface area (Å²) in [6.45, 7) is 14.2. The Morgan fingerprint density at radius 2 is 1.47 bits per heavy atom. The number of nitrogens with zero attached hydrogens (tertiary/aromatic N) is 2. The van der Waals surface area contributed by atoms with Gasteiger partial charge in [0.25, 0.3) is 0 Å². The fraction of sp³-hybridized carbons (Fsp3) is 0.536. The molecule has 0 aliphatic carbocycles. The minimum atomic E-state index is -0.418. The van der Waals surface area contributed by atoms with E-state index in [1.54, 1.807) is 0 Å².